The van der Waals surface area contributed by atoms with E-state index in [-0.39, 0.29) is 5.56 Å². The van der Waals surface area contributed by atoms with E-state index in [1.165, 1.54) is 0 Å². The first kappa shape index (κ1) is 13.1. The maximum absolute atomic E-state index is 11.4. The predicted octanol–water partition coefficient (Wildman–Crippen LogP) is -0.687. The van der Waals surface area contributed by atoms with E-state index in [0.29, 0.717) is 0 Å². The number of aliphatic hydroxyl groups is 2. The first-order chi connectivity index (χ1) is 7.99. The Morgan fingerprint density at radius 3 is 2.00 bits per heavy atom. The Hall–Kier alpha value is -1.99. The predicted molar refractivity (Wildman–Crippen MR) is 54.8 cm³/mol. The number of phenolic OH excluding ortho intramolecular Hbond substituents is 3. The second kappa shape index (κ2) is 5.37. The fraction of sp³-hybridized carbons (Fsp3) is 0.300. The number of phenols is 3. The Bertz CT molecular complexity index is 388. The summed E-state index contributed by atoms with van der Waals surface area (Å²) in [7, 11) is 0. The molecular weight excluding hydrogens is 232 g/mol. The van der Waals surface area contributed by atoms with Crippen molar-refractivity contribution in [1.82, 2.24) is 0 Å². The molecule has 0 atom stereocenters. The summed E-state index contributed by atoms with van der Waals surface area (Å²) in [5, 5.41) is 44.8. The first-order valence-corrected chi connectivity index (χ1v) is 4.67. The Morgan fingerprint density at radius 1 is 1.12 bits per heavy atom. The van der Waals surface area contributed by atoms with Crippen LogP contribution in [0.5, 0.6) is 17.2 Å². The van der Waals surface area contributed by atoms with Gasteiger partial charge in [0.05, 0.1) is 18.8 Å². The van der Waals surface area contributed by atoms with Gasteiger partial charge in [-0.1, -0.05) is 0 Å². The molecule has 0 amide bonds. The number of ether oxygens (including phenoxy) is 1. The fourth-order valence-corrected chi connectivity index (χ4v) is 1.07. The molecule has 0 heterocycles. The summed E-state index contributed by atoms with van der Waals surface area (Å²) in [6, 6.07) is 1.78. The van der Waals surface area contributed by atoms with Crippen LogP contribution in [0.25, 0.3) is 0 Å². The molecule has 0 saturated carbocycles. The molecule has 7 heteroatoms. The molecule has 0 aliphatic rings. The van der Waals surface area contributed by atoms with Gasteiger partial charge in [-0.05, 0) is 12.1 Å². The number of rotatable bonds is 4. The van der Waals surface area contributed by atoms with Crippen LogP contribution in [0.15, 0.2) is 12.1 Å². The molecule has 0 aliphatic heterocycles. The van der Waals surface area contributed by atoms with Gasteiger partial charge in [0.2, 0.25) is 0 Å². The molecule has 0 spiro atoms. The molecule has 0 aromatic heterocycles. The van der Waals surface area contributed by atoms with Gasteiger partial charge in [-0.15, -0.1) is 0 Å². The van der Waals surface area contributed by atoms with Gasteiger partial charge in [0.15, 0.2) is 17.2 Å². The average molecular weight is 244 g/mol. The number of esters is 1. The van der Waals surface area contributed by atoms with Crippen molar-refractivity contribution in [3.05, 3.63) is 17.7 Å². The summed E-state index contributed by atoms with van der Waals surface area (Å²) in [4.78, 5) is 11.4. The molecule has 0 unspecified atom stereocenters. The minimum Gasteiger partial charge on any atom is -0.504 e. The molecular formula is C10H12O7. The smallest absolute Gasteiger partial charge is 0.338 e. The lowest BCUT2D eigenvalue weighted by Gasteiger charge is -2.13. The van der Waals surface area contributed by atoms with E-state index >= 15 is 0 Å². The molecule has 7 nitrogen and oxygen atoms in total. The Kier molecular flexibility index (Phi) is 4.13. The molecule has 94 valence electrons. The molecule has 0 fully saturated rings. The van der Waals surface area contributed by atoms with Gasteiger partial charge in [-0.2, -0.15) is 0 Å². The van der Waals surface area contributed by atoms with Gasteiger partial charge in [0.1, 0.15) is 6.10 Å². The van der Waals surface area contributed by atoms with Crippen LogP contribution in [0.4, 0.5) is 0 Å². The van der Waals surface area contributed by atoms with E-state index in [9.17, 15) is 4.79 Å². The van der Waals surface area contributed by atoms with E-state index in [2.05, 4.69) is 4.74 Å². The van der Waals surface area contributed by atoms with E-state index in [1.54, 1.807) is 0 Å². The first-order valence-electron chi connectivity index (χ1n) is 4.67. The zero-order valence-electron chi connectivity index (χ0n) is 8.70. The topological polar surface area (TPSA) is 127 Å². The van der Waals surface area contributed by atoms with Gasteiger partial charge in [0.25, 0.3) is 0 Å². The number of hydrogen-bond donors (Lipinski definition) is 5. The highest BCUT2D eigenvalue weighted by Crippen LogP contribution is 2.35. The molecule has 1 rings (SSSR count). The Labute approximate surface area is 96.1 Å². The lowest BCUT2D eigenvalue weighted by Crippen LogP contribution is -2.25. The number of carbonyl (C=O) groups excluding carboxylic acids is 1. The van der Waals surface area contributed by atoms with Gasteiger partial charge in [0, 0.05) is 0 Å². The summed E-state index contributed by atoms with van der Waals surface area (Å²) in [6.45, 7) is -1.11. The molecule has 0 radical (unpaired) electrons. The van der Waals surface area contributed by atoms with Crippen molar-refractivity contribution in [2.24, 2.45) is 0 Å². The molecule has 1 aromatic rings. The van der Waals surface area contributed by atoms with E-state index in [0.717, 1.165) is 12.1 Å². The number of carbonyl (C=O) groups is 1. The van der Waals surface area contributed by atoms with Crippen LogP contribution in [0.2, 0.25) is 0 Å². The third kappa shape index (κ3) is 2.99. The minimum absolute atomic E-state index is 0.218. The molecule has 0 bridgehead atoms. The molecule has 0 saturated heterocycles. The largest absolute Gasteiger partial charge is 0.504 e. The van der Waals surface area contributed by atoms with Crippen LogP contribution in [-0.4, -0.2) is 50.8 Å². The second-order valence-corrected chi connectivity index (χ2v) is 3.26. The molecule has 0 aliphatic carbocycles. The molecule has 5 N–H and O–H groups in total. The normalized spacial score (nSPS) is 10.5. The van der Waals surface area contributed by atoms with E-state index in [1.807, 2.05) is 0 Å². The average Bonchev–Trinajstić information content (AvgIpc) is 2.31. The highest BCUT2D eigenvalue weighted by Gasteiger charge is 2.18. The van der Waals surface area contributed by atoms with Crippen molar-refractivity contribution in [2.75, 3.05) is 13.2 Å². The lowest BCUT2D eigenvalue weighted by molar-refractivity contribution is -0.00550. The third-order valence-electron chi connectivity index (χ3n) is 1.99. The van der Waals surface area contributed by atoms with Crippen LogP contribution in [0.1, 0.15) is 10.4 Å². The van der Waals surface area contributed by atoms with Crippen LogP contribution < -0.4 is 0 Å². The highest BCUT2D eigenvalue weighted by molar-refractivity contribution is 5.91. The Morgan fingerprint density at radius 2 is 1.59 bits per heavy atom. The minimum atomic E-state index is -1.08. The zero-order valence-corrected chi connectivity index (χ0v) is 8.70. The Balaban J connectivity index is 2.90. The van der Waals surface area contributed by atoms with Crippen molar-refractivity contribution in [3.8, 4) is 17.2 Å². The SMILES string of the molecule is O=C(OC(CO)CO)c1cc(O)c(O)c(O)c1. The quantitative estimate of drug-likeness (QED) is 0.350. The third-order valence-corrected chi connectivity index (χ3v) is 1.99. The van der Waals surface area contributed by atoms with Gasteiger partial charge < -0.3 is 30.3 Å². The van der Waals surface area contributed by atoms with Gasteiger partial charge >= 0.3 is 5.97 Å². The second-order valence-electron chi connectivity index (χ2n) is 3.26. The number of aliphatic hydroxyl groups excluding tert-OH is 2. The van der Waals surface area contributed by atoms with Crippen molar-refractivity contribution < 1.29 is 35.1 Å². The van der Waals surface area contributed by atoms with Crippen LogP contribution in [0, 0.1) is 0 Å². The molecule has 1 aromatic carbocycles. The van der Waals surface area contributed by atoms with Crippen molar-refractivity contribution in [2.45, 2.75) is 6.10 Å². The number of benzene rings is 1. The van der Waals surface area contributed by atoms with E-state index < -0.39 is 42.5 Å². The number of aromatic hydroxyl groups is 3. The highest BCUT2D eigenvalue weighted by atomic mass is 16.6. The summed E-state index contributed by atoms with van der Waals surface area (Å²) < 4.78 is 4.64. The summed E-state index contributed by atoms with van der Waals surface area (Å²) in [5.41, 5.74) is -0.218. The van der Waals surface area contributed by atoms with Crippen LogP contribution in [0.3, 0.4) is 0 Å². The van der Waals surface area contributed by atoms with Crippen LogP contribution in [-0.2, 0) is 4.74 Å². The maximum Gasteiger partial charge on any atom is 0.338 e. The van der Waals surface area contributed by atoms with Crippen molar-refractivity contribution in [1.29, 1.82) is 0 Å². The standard InChI is InChI=1S/C10H12O7/c11-3-6(4-12)17-10(16)5-1-7(13)9(15)8(14)2-5/h1-2,6,11-15H,3-4H2. The fourth-order valence-electron chi connectivity index (χ4n) is 1.07. The maximum atomic E-state index is 11.4. The number of hydrogen-bond acceptors (Lipinski definition) is 7. The van der Waals surface area contributed by atoms with Crippen LogP contribution >= 0.6 is 0 Å². The lowest BCUT2D eigenvalue weighted by atomic mass is 10.2. The summed E-state index contributed by atoms with van der Waals surface area (Å²) in [6.07, 6.45) is -1.08. The summed E-state index contributed by atoms with van der Waals surface area (Å²) in [5.74, 6) is -3.06. The van der Waals surface area contributed by atoms with Crippen molar-refractivity contribution >= 4 is 5.97 Å². The van der Waals surface area contributed by atoms with Gasteiger partial charge in [-0.3, -0.25) is 0 Å². The monoisotopic (exact) mass is 244 g/mol. The zero-order chi connectivity index (χ0) is 13.0. The van der Waals surface area contributed by atoms with Crippen molar-refractivity contribution in [3.63, 3.8) is 0 Å². The summed E-state index contributed by atoms with van der Waals surface area (Å²) >= 11 is 0. The molecule has 17 heavy (non-hydrogen) atoms. The van der Waals surface area contributed by atoms with E-state index in [4.69, 9.17) is 25.5 Å². The van der Waals surface area contributed by atoms with Gasteiger partial charge in [-0.25, -0.2) is 4.79 Å².